The lowest BCUT2D eigenvalue weighted by Crippen LogP contribution is -2.69. The third kappa shape index (κ3) is 1.88. The fourth-order valence-electron chi connectivity index (χ4n) is 1.51. The van der Waals surface area contributed by atoms with Gasteiger partial charge >= 0.3 is 0 Å². The first kappa shape index (κ1) is 11.0. The fourth-order valence-corrected chi connectivity index (χ4v) is 1.51. The third-order valence-corrected chi connectivity index (χ3v) is 3.18. The van der Waals surface area contributed by atoms with Gasteiger partial charge in [-0.15, -0.1) is 0 Å². The van der Waals surface area contributed by atoms with E-state index in [0.29, 0.717) is 13.1 Å². The smallest absolute Gasteiger partial charge is 0.141 e. The van der Waals surface area contributed by atoms with E-state index >= 15 is 0 Å². The SMILES string of the molecule is CC(C)(C)N1CC(F)(C(C)(C)C)C1. The molecule has 1 fully saturated rings. The predicted molar refractivity (Wildman–Crippen MR) is 54.6 cm³/mol. The van der Waals surface area contributed by atoms with Gasteiger partial charge in [0.2, 0.25) is 0 Å². The van der Waals surface area contributed by atoms with Crippen LogP contribution in [-0.4, -0.2) is 29.2 Å². The molecule has 1 saturated heterocycles. The first-order valence-corrected chi connectivity index (χ1v) is 5.00. The Morgan fingerprint density at radius 2 is 1.38 bits per heavy atom. The van der Waals surface area contributed by atoms with Gasteiger partial charge in [0.1, 0.15) is 5.67 Å². The minimum Gasteiger partial charge on any atom is -0.292 e. The van der Waals surface area contributed by atoms with E-state index < -0.39 is 5.67 Å². The molecule has 2 heteroatoms. The molecule has 0 radical (unpaired) electrons. The Morgan fingerprint density at radius 1 is 1.00 bits per heavy atom. The first-order valence-electron chi connectivity index (χ1n) is 5.00. The van der Waals surface area contributed by atoms with Crippen LogP contribution in [0.2, 0.25) is 0 Å². The molecule has 1 aliphatic rings. The molecular weight excluding hydrogens is 165 g/mol. The van der Waals surface area contributed by atoms with E-state index in [-0.39, 0.29) is 11.0 Å². The monoisotopic (exact) mass is 187 g/mol. The van der Waals surface area contributed by atoms with Crippen LogP contribution in [0.25, 0.3) is 0 Å². The molecular formula is C11H22FN. The van der Waals surface area contributed by atoms with Crippen molar-refractivity contribution in [2.75, 3.05) is 13.1 Å². The summed E-state index contributed by atoms with van der Waals surface area (Å²) < 4.78 is 14.2. The lowest BCUT2D eigenvalue weighted by molar-refractivity contribution is -0.136. The quantitative estimate of drug-likeness (QED) is 0.563. The summed E-state index contributed by atoms with van der Waals surface area (Å²) in [6.07, 6.45) is 0. The number of hydrogen-bond acceptors (Lipinski definition) is 1. The second-order valence-corrected chi connectivity index (χ2v) is 6.24. The van der Waals surface area contributed by atoms with Gasteiger partial charge in [-0.1, -0.05) is 20.8 Å². The Morgan fingerprint density at radius 3 is 1.62 bits per heavy atom. The molecule has 1 aliphatic heterocycles. The predicted octanol–water partition coefficient (Wildman–Crippen LogP) is 2.85. The number of alkyl halides is 1. The molecule has 0 aromatic heterocycles. The lowest BCUT2D eigenvalue weighted by Gasteiger charge is -2.56. The second-order valence-electron chi connectivity index (χ2n) is 6.24. The number of hydrogen-bond donors (Lipinski definition) is 0. The molecule has 0 saturated carbocycles. The Bertz CT molecular complexity index is 191. The van der Waals surface area contributed by atoms with Crippen molar-refractivity contribution in [2.24, 2.45) is 5.41 Å². The van der Waals surface area contributed by atoms with Crippen molar-refractivity contribution in [2.45, 2.75) is 52.8 Å². The van der Waals surface area contributed by atoms with E-state index in [9.17, 15) is 4.39 Å². The van der Waals surface area contributed by atoms with E-state index in [0.717, 1.165) is 0 Å². The van der Waals surface area contributed by atoms with Crippen molar-refractivity contribution in [1.82, 2.24) is 4.90 Å². The van der Waals surface area contributed by atoms with Gasteiger partial charge in [0.15, 0.2) is 0 Å². The third-order valence-electron chi connectivity index (χ3n) is 3.18. The molecule has 0 aromatic rings. The topological polar surface area (TPSA) is 3.24 Å². The van der Waals surface area contributed by atoms with Gasteiger partial charge in [0, 0.05) is 18.6 Å². The number of halogens is 1. The maximum Gasteiger partial charge on any atom is 0.141 e. The maximum atomic E-state index is 14.2. The lowest BCUT2D eigenvalue weighted by atomic mass is 9.71. The van der Waals surface area contributed by atoms with Crippen LogP contribution in [0.1, 0.15) is 41.5 Å². The van der Waals surface area contributed by atoms with Crippen LogP contribution in [0.5, 0.6) is 0 Å². The Labute approximate surface area is 81.3 Å². The van der Waals surface area contributed by atoms with Gasteiger partial charge in [0.25, 0.3) is 0 Å². The van der Waals surface area contributed by atoms with E-state index in [1.54, 1.807) is 0 Å². The van der Waals surface area contributed by atoms with Crippen molar-refractivity contribution in [3.05, 3.63) is 0 Å². The summed E-state index contributed by atoms with van der Waals surface area (Å²) in [5.41, 5.74) is -1.10. The molecule has 0 N–H and O–H groups in total. The molecule has 0 aliphatic carbocycles. The van der Waals surface area contributed by atoms with Crippen molar-refractivity contribution in [3.63, 3.8) is 0 Å². The molecule has 1 nitrogen and oxygen atoms in total. The van der Waals surface area contributed by atoms with Crippen LogP contribution in [0, 0.1) is 5.41 Å². The van der Waals surface area contributed by atoms with Crippen LogP contribution in [0.3, 0.4) is 0 Å². The largest absolute Gasteiger partial charge is 0.292 e. The van der Waals surface area contributed by atoms with Crippen molar-refractivity contribution in [1.29, 1.82) is 0 Å². The zero-order valence-corrected chi connectivity index (χ0v) is 9.74. The minimum absolute atomic E-state index is 0.112. The molecule has 0 atom stereocenters. The summed E-state index contributed by atoms with van der Waals surface area (Å²) >= 11 is 0. The van der Waals surface area contributed by atoms with Crippen LogP contribution in [0.4, 0.5) is 4.39 Å². The highest BCUT2D eigenvalue weighted by atomic mass is 19.1. The fraction of sp³-hybridized carbons (Fsp3) is 1.00. The van der Waals surface area contributed by atoms with E-state index in [1.165, 1.54) is 0 Å². The van der Waals surface area contributed by atoms with Crippen LogP contribution >= 0.6 is 0 Å². The summed E-state index contributed by atoms with van der Waals surface area (Å²) in [6, 6.07) is 0. The Kier molecular flexibility index (Phi) is 2.27. The minimum atomic E-state index is -0.986. The molecule has 0 spiro atoms. The molecule has 13 heavy (non-hydrogen) atoms. The van der Waals surface area contributed by atoms with E-state index in [2.05, 4.69) is 25.7 Å². The van der Waals surface area contributed by atoms with Gasteiger partial charge in [-0.3, -0.25) is 4.90 Å². The average molecular weight is 187 g/mol. The van der Waals surface area contributed by atoms with Crippen molar-refractivity contribution in [3.8, 4) is 0 Å². The van der Waals surface area contributed by atoms with Gasteiger partial charge in [-0.25, -0.2) is 4.39 Å². The van der Waals surface area contributed by atoms with E-state index in [1.807, 2.05) is 20.8 Å². The first-order chi connectivity index (χ1) is 5.56. The van der Waals surface area contributed by atoms with Crippen LogP contribution in [-0.2, 0) is 0 Å². The molecule has 1 rings (SSSR count). The van der Waals surface area contributed by atoms with Gasteiger partial charge in [-0.2, -0.15) is 0 Å². The summed E-state index contributed by atoms with van der Waals surface area (Å²) in [5, 5.41) is 0. The molecule has 0 bridgehead atoms. The molecule has 0 amide bonds. The van der Waals surface area contributed by atoms with Crippen LogP contribution < -0.4 is 0 Å². The highest BCUT2D eigenvalue weighted by Gasteiger charge is 2.54. The summed E-state index contributed by atoms with van der Waals surface area (Å²) in [4.78, 5) is 2.19. The Hall–Kier alpha value is -0.110. The zero-order valence-electron chi connectivity index (χ0n) is 9.74. The molecule has 78 valence electrons. The average Bonchev–Trinajstić information content (AvgIpc) is 1.75. The van der Waals surface area contributed by atoms with Gasteiger partial charge < -0.3 is 0 Å². The zero-order chi connectivity index (χ0) is 10.5. The molecule has 1 heterocycles. The van der Waals surface area contributed by atoms with Crippen molar-refractivity contribution >= 4 is 0 Å². The number of rotatable bonds is 0. The van der Waals surface area contributed by atoms with Crippen LogP contribution in [0.15, 0.2) is 0 Å². The standard InChI is InChI=1S/C11H22FN/c1-9(2,3)11(12)7-13(8-11)10(4,5)6/h7-8H2,1-6H3. The maximum absolute atomic E-state index is 14.2. The number of nitrogens with zero attached hydrogens (tertiary/aromatic N) is 1. The van der Waals surface area contributed by atoms with Crippen molar-refractivity contribution < 1.29 is 4.39 Å². The Balaban J connectivity index is 2.58. The summed E-state index contributed by atoms with van der Waals surface area (Å²) in [5.74, 6) is 0. The van der Waals surface area contributed by atoms with Gasteiger partial charge in [-0.05, 0) is 26.2 Å². The molecule has 0 aromatic carbocycles. The highest BCUT2D eigenvalue weighted by molar-refractivity contribution is 5.06. The number of likely N-dealkylation sites (tertiary alicyclic amines) is 1. The summed E-state index contributed by atoms with van der Waals surface area (Å²) in [7, 11) is 0. The van der Waals surface area contributed by atoms with Gasteiger partial charge in [0.05, 0.1) is 0 Å². The normalized spacial score (nSPS) is 24.2. The highest BCUT2D eigenvalue weighted by Crippen LogP contribution is 2.43. The second kappa shape index (κ2) is 2.69. The molecule has 0 unspecified atom stereocenters. The van der Waals surface area contributed by atoms with E-state index in [4.69, 9.17) is 0 Å². The summed E-state index contributed by atoms with van der Waals surface area (Å²) in [6.45, 7) is 13.5.